The predicted molar refractivity (Wildman–Crippen MR) is 86.1 cm³/mol. The van der Waals surface area contributed by atoms with E-state index in [0.29, 0.717) is 43.2 Å². The van der Waals surface area contributed by atoms with Gasteiger partial charge in [0.15, 0.2) is 0 Å². The number of nitrogens with two attached hydrogens (primary N) is 1. The van der Waals surface area contributed by atoms with E-state index >= 15 is 0 Å². The van der Waals surface area contributed by atoms with Crippen molar-refractivity contribution in [3.05, 3.63) is 41.2 Å². The maximum atomic E-state index is 13.5. The first kappa shape index (κ1) is 16.6. The zero-order chi connectivity index (χ0) is 16.2. The summed E-state index contributed by atoms with van der Waals surface area (Å²) in [6.07, 6.45) is 1.30. The summed E-state index contributed by atoms with van der Waals surface area (Å²) in [6, 6.07) is 6.37. The van der Waals surface area contributed by atoms with Gasteiger partial charge in [-0.05, 0) is 44.4 Å². The predicted octanol–water partition coefficient (Wildman–Crippen LogP) is 3.13. The van der Waals surface area contributed by atoms with Crippen LogP contribution in [0, 0.1) is 5.82 Å². The summed E-state index contributed by atoms with van der Waals surface area (Å²) in [5, 5.41) is 0. The minimum atomic E-state index is -0.638. The summed E-state index contributed by atoms with van der Waals surface area (Å²) in [5.41, 5.74) is 8.17. The molecule has 1 aliphatic heterocycles. The monoisotopic (exact) mass is 306 g/mol. The Morgan fingerprint density at radius 1 is 1.32 bits per heavy atom. The Labute approximate surface area is 130 Å². The SMILES string of the molecule is COC(=NC(=C(C)C)c1cccc(F)c1)C1(N)CCOCC1. The minimum absolute atomic E-state index is 0.293. The lowest BCUT2D eigenvalue weighted by Gasteiger charge is -2.33. The largest absolute Gasteiger partial charge is 0.483 e. The highest BCUT2D eigenvalue weighted by atomic mass is 19.1. The normalized spacial score (nSPS) is 18.0. The van der Waals surface area contributed by atoms with Crippen molar-refractivity contribution >= 4 is 11.6 Å². The van der Waals surface area contributed by atoms with Crippen molar-refractivity contribution in [3.63, 3.8) is 0 Å². The van der Waals surface area contributed by atoms with Crippen molar-refractivity contribution in [1.82, 2.24) is 0 Å². The van der Waals surface area contributed by atoms with Crippen molar-refractivity contribution < 1.29 is 13.9 Å². The van der Waals surface area contributed by atoms with Crippen molar-refractivity contribution in [1.29, 1.82) is 0 Å². The van der Waals surface area contributed by atoms with Gasteiger partial charge in [0.25, 0.3) is 0 Å². The highest BCUT2D eigenvalue weighted by molar-refractivity contribution is 5.91. The van der Waals surface area contributed by atoms with Crippen LogP contribution in [0.4, 0.5) is 4.39 Å². The van der Waals surface area contributed by atoms with Crippen LogP contribution in [0.15, 0.2) is 34.8 Å². The molecule has 120 valence electrons. The minimum Gasteiger partial charge on any atom is -0.483 e. The maximum Gasteiger partial charge on any atom is 0.209 e. The highest BCUT2D eigenvalue weighted by Gasteiger charge is 2.35. The van der Waals surface area contributed by atoms with Gasteiger partial charge in [0, 0.05) is 18.8 Å². The molecule has 2 rings (SSSR count). The van der Waals surface area contributed by atoms with Gasteiger partial charge in [-0.3, -0.25) is 0 Å². The fourth-order valence-corrected chi connectivity index (χ4v) is 2.51. The van der Waals surface area contributed by atoms with Gasteiger partial charge in [-0.2, -0.15) is 0 Å². The van der Waals surface area contributed by atoms with E-state index in [1.165, 1.54) is 12.1 Å². The van der Waals surface area contributed by atoms with Crippen LogP contribution in [0.2, 0.25) is 0 Å². The summed E-state index contributed by atoms with van der Waals surface area (Å²) in [4.78, 5) is 4.63. The van der Waals surface area contributed by atoms with E-state index in [4.69, 9.17) is 15.2 Å². The van der Waals surface area contributed by atoms with Gasteiger partial charge in [-0.15, -0.1) is 0 Å². The number of allylic oxidation sites excluding steroid dienone is 1. The number of halogens is 1. The van der Waals surface area contributed by atoms with Crippen molar-refractivity contribution in [3.8, 4) is 0 Å². The maximum absolute atomic E-state index is 13.5. The second-order valence-electron chi connectivity index (χ2n) is 5.75. The molecule has 0 unspecified atom stereocenters. The van der Waals surface area contributed by atoms with Gasteiger partial charge in [0.2, 0.25) is 5.90 Å². The van der Waals surface area contributed by atoms with E-state index in [2.05, 4.69) is 4.99 Å². The molecule has 0 bridgehead atoms. The smallest absolute Gasteiger partial charge is 0.209 e. The first-order valence-electron chi connectivity index (χ1n) is 7.39. The number of hydrogen-bond acceptors (Lipinski definition) is 4. The second kappa shape index (κ2) is 7.03. The molecule has 22 heavy (non-hydrogen) atoms. The lowest BCUT2D eigenvalue weighted by molar-refractivity contribution is 0.0669. The Balaban J connectivity index is 2.42. The summed E-state index contributed by atoms with van der Waals surface area (Å²) in [6.45, 7) is 5.04. The lowest BCUT2D eigenvalue weighted by Crippen LogP contribution is -2.52. The molecule has 0 amide bonds. The molecule has 1 heterocycles. The van der Waals surface area contributed by atoms with Crippen LogP contribution in [-0.4, -0.2) is 31.8 Å². The molecular formula is C17H23FN2O2. The molecule has 0 aliphatic carbocycles. The molecule has 0 radical (unpaired) electrons. The van der Waals surface area contributed by atoms with Gasteiger partial charge in [0.05, 0.1) is 18.3 Å². The number of aliphatic imine (C=N–C) groups is 1. The molecule has 4 nitrogen and oxygen atoms in total. The number of methoxy groups -OCH3 is 1. The number of hydrogen-bond donors (Lipinski definition) is 1. The van der Waals surface area contributed by atoms with Crippen molar-refractivity contribution in [2.45, 2.75) is 32.2 Å². The molecule has 0 saturated carbocycles. The first-order chi connectivity index (χ1) is 10.5. The van der Waals surface area contributed by atoms with Gasteiger partial charge in [0.1, 0.15) is 5.82 Å². The second-order valence-corrected chi connectivity index (χ2v) is 5.75. The van der Waals surface area contributed by atoms with Gasteiger partial charge in [-0.25, -0.2) is 9.38 Å². The van der Waals surface area contributed by atoms with Crippen LogP contribution in [0.5, 0.6) is 0 Å². The Morgan fingerprint density at radius 3 is 2.55 bits per heavy atom. The lowest BCUT2D eigenvalue weighted by atomic mass is 9.91. The van der Waals surface area contributed by atoms with Gasteiger partial charge < -0.3 is 15.2 Å². The van der Waals surface area contributed by atoms with Crippen LogP contribution in [-0.2, 0) is 9.47 Å². The summed E-state index contributed by atoms with van der Waals surface area (Å²) in [7, 11) is 1.57. The van der Waals surface area contributed by atoms with Crippen LogP contribution in [0.25, 0.3) is 5.70 Å². The molecule has 1 aromatic carbocycles. The highest BCUT2D eigenvalue weighted by Crippen LogP contribution is 2.26. The molecule has 1 saturated heterocycles. The summed E-state index contributed by atoms with van der Waals surface area (Å²) < 4.78 is 24.3. The average molecular weight is 306 g/mol. The van der Waals surface area contributed by atoms with Crippen LogP contribution in [0.1, 0.15) is 32.3 Å². The Bertz CT molecular complexity index is 586. The molecule has 1 aliphatic rings. The molecule has 0 atom stereocenters. The average Bonchev–Trinajstić information content (AvgIpc) is 2.48. The fourth-order valence-electron chi connectivity index (χ4n) is 2.51. The number of nitrogens with zero attached hydrogens (tertiary/aromatic N) is 1. The summed E-state index contributed by atoms with van der Waals surface area (Å²) >= 11 is 0. The quantitative estimate of drug-likeness (QED) is 0.689. The number of benzene rings is 1. The van der Waals surface area contributed by atoms with E-state index in [0.717, 1.165) is 5.57 Å². The van der Waals surface area contributed by atoms with E-state index in [-0.39, 0.29) is 5.82 Å². The van der Waals surface area contributed by atoms with Gasteiger partial charge >= 0.3 is 0 Å². The standard InChI is InChI=1S/C17H23FN2O2/c1-12(2)15(13-5-4-6-14(18)11-13)20-16(21-3)17(19)7-9-22-10-8-17/h4-6,11H,7-10,19H2,1-3H3. The molecule has 5 heteroatoms. The van der Waals surface area contributed by atoms with E-state index in [1.54, 1.807) is 13.2 Å². The molecule has 1 fully saturated rings. The molecule has 2 N–H and O–H groups in total. The Kier molecular flexibility index (Phi) is 5.32. The van der Waals surface area contributed by atoms with Crippen molar-refractivity contribution in [2.24, 2.45) is 10.7 Å². The molecular weight excluding hydrogens is 283 g/mol. The van der Waals surface area contributed by atoms with Crippen LogP contribution in [0.3, 0.4) is 0 Å². The molecule has 0 aromatic heterocycles. The summed E-state index contributed by atoms with van der Waals surface area (Å²) in [5.74, 6) is 0.176. The zero-order valence-electron chi connectivity index (χ0n) is 13.4. The first-order valence-corrected chi connectivity index (χ1v) is 7.39. The number of rotatable bonds is 3. The third-order valence-corrected chi connectivity index (χ3v) is 3.79. The Morgan fingerprint density at radius 2 is 2.00 bits per heavy atom. The van der Waals surface area contributed by atoms with E-state index in [1.807, 2.05) is 19.9 Å². The zero-order valence-corrected chi connectivity index (χ0v) is 13.4. The van der Waals surface area contributed by atoms with Crippen LogP contribution >= 0.6 is 0 Å². The fraction of sp³-hybridized carbons (Fsp3) is 0.471. The molecule has 1 aromatic rings. The topological polar surface area (TPSA) is 56.8 Å². The Hall–Kier alpha value is -1.72. The van der Waals surface area contributed by atoms with Crippen LogP contribution < -0.4 is 5.73 Å². The van der Waals surface area contributed by atoms with E-state index in [9.17, 15) is 4.39 Å². The third kappa shape index (κ3) is 3.72. The van der Waals surface area contributed by atoms with Gasteiger partial charge in [-0.1, -0.05) is 12.1 Å². The van der Waals surface area contributed by atoms with E-state index < -0.39 is 5.54 Å². The van der Waals surface area contributed by atoms with Crippen molar-refractivity contribution in [2.75, 3.05) is 20.3 Å². The third-order valence-electron chi connectivity index (χ3n) is 3.79. The number of ether oxygens (including phenoxy) is 2. The molecule has 0 spiro atoms.